The molecule has 1 aromatic heterocycles. The molecule has 3 aromatic rings. The Labute approximate surface area is 166 Å². The van der Waals surface area contributed by atoms with E-state index in [1.807, 2.05) is 6.07 Å². The molecule has 0 bridgehead atoms. The highest BCUT2D eigenvalue weighted by Crippen LogP contribution is 2.49. The second-order valence-corrected chi connectivity index (χ2v) is 7.27. The normalized spacial score (nSPS) is 13.5. The van der Waals surface area contributed by atoms with Crippen LogP contribution in [0.1, 0.15) is 33.4 Å². The van der Waals surface area contributed by atoms with Crippen molar-refractivity contribution in [2.45, 2.75) is 12.6 Å². The number of phenolic OH excluding ortho intramolecular Hbond substituents is 2. The van der Waals surface area contributed by atoms with Crippen LogP contribution in [0.4, 0.5) is 17.6 Å². The van der Waals surface area contributed by atoms with Gasteiger partial charge in [0.15, 0.2) is 11.6 Å². The molecule has 1 heterocycles. The Kier molecular flexibility index (Phi) is 4.35. The fraction of sp³-hybridized carbons (Fsp3) is 0.0952. The van der Waals surface area contributed by atoms with Crippen LogP contribution < -0.4 is 0 Å². The van der Waals surface area contributed by atoms with Gasteiger partial charge in [0.2, 0.25) is 0 Å². The van der Waals surface area contributed by atoms with Gasteiger partial charge in [-0.3, -0.25) is 0 Å². The standard InChI is InChI=1S/C21H11F4NO2S/c22-18-3-10(1-2-19(18)28)13-6-14-15(4-12(27)5-17(14)21(23,24)25)20(13)16-9-29-8-11(16)7-26/h1-5,8-9,27-28H,6H2. The minimum atomic E-state index is -4.70. The Morgan fingerprint density at radius 1 is 1.03 bits per heavy atom. The highest BCUT2D eigenvalue weighted by atomic mass is 32.1. The average molecular weight is 417 g/mol. The third-order valence-corrected chi connectivity index (χ3v) is 5.56. The number of nitrogens with zero attached hydrogens (tertiary/aromatic N) is 1. The Morgan fingerprint density at radius 3 is 2.45 bits per heavy atom. The van der Waals surface area contributed by atoms with Crippen LogP contribution in [0.3, 0.4) is 0 Å². The van der Waals surface area contributed by atoms with Gasteiger partial charge in [-0.05, 0) is 63.9 Å². The number of fused-ring (bicyclic) bond motifs is 1. The van der Waals surface area contributed by atoms with Gasteiger partial charge in [-0.15, -0.1) is 0 Å². The molecule has 2 N–H and O–H groups in total. The second-order valence-electron chi connectivity index (χ2n) is 6.52. The molecule has 0 saturated heterocycles. The van der Waals surface area contributed by atoms with Gasteiger partial charge in [-0.25, -0.2) is 4.39 Å². The molecule has 0 saturated carbocycles. The van der Waals surface area contributed by atoms with Crippen molar-refractivity contribution < 1.29 is 27.8 Å². The van der Waals surface area contributed by atoms with Crippen LogP contribution >= 0.6 is 11.3 Å². The molecule has 3 nitrogen and oxygen atoms in total. The Hall–Kier alpha value is -3.31. The molecule has 0 spiro atoms. The highest BCUT2D eigenvalue weighted by Gasteiger charge is 2.39. The predicted octanol–water partition coefficient (Wildman–Crippen LogP) is 5.70. The van der Waals surface area contributed by atoms with E-state index in [2.05, 4.69) is 0 Å². The Bertz CT molecular complexity index is 1220. The van der Waals surface area contributed by atoms with Crippen molar-refractivity contribution in [3.8, 4) is 17.6 Å². The van der Waals surface area contributed by atoms with Crippen LogP contribution in [-0.2, 0) is 12.6 Å². The van der Waals surface area contributed by atoms with Crippen LogP contribution in [0, 0.1) is 17.1 Å². The first-order chi connectivity index (χ1) is 13.7. The molecular formula is C21H11F4NO2S. The highest BCUT2D eigenvalue weighted by molar-refractivity contribution is 7.08. The summed E-state index contributed by atoms with van der Waals surface area (Å²) in [4.78, 5) is 0. The maximum absolute atomic E-state index is 14.0. The average Bonchev–Trinajstić information content (AvgIpc) is 3.26. The monoisotopic (exact) mass is 417 g/mol. The van der Waals surface area contributed by atoms with Crippen molar-refractivity contribution in [1.82, 2.24) is 0 Å². The molecular weight excluding hydrogens is 406 g/mol. The van der Waals surface area contributed by atoms with Gasteiger partial charge in [-0.1, -0.05) is 6.07 Å². The van der Waals surface area contributed by atoms with Crippen LogP contribution in [0.2, 0.25) is 0 Å². The number of benzene rings is 2. The number of alkyl halides is 3. The SMILES string of the molecule is N#Cc1cscc1C1=C(c2ccc(O)c(F)c2)Cc2c1cc(O)cc2C(F)(F)F. The van der Waals surface area contributed by atoms with E-state index in [0.29, 0.717) is 22.8 Å². The van der Waals surface area contributed by atoms with E-state index in [4.69, 9.17) is 0 Å². The number of allylic oxidation sites excluding steroid dienone is 1. The summed E-state index contributed by atoms with van der Waals surface area (Å²) >= 11 is 1.21. The molecule has 2 aromatic carbocycles. The van der Waals surface area contributed by atoms with Crippen molar-refractivity contribution in [3.05, 3.63) is 80.3 Å². The summed E-state index contributed by atoms with van der Waals surface area (Å²) in [6, 6.07) is 7.48. The molecule has 1 aliphatic rings. The smallest absolute Gasteiger partial charge is 0.416 e. The van der Waals surface area contributed by atoms with Crippen molar-refractivity contribution in [2.75, 3.05) is 0 Å². The quantitative estimate of drug-likeness (QED) is 0.526. The van der Waals surface area contributed by atoms with Crippen molar-refractivity contribution in [3.63, 3.8) is 0 Å². The van der Waals surface area contributed by atoms with Crippen molar-refractivity contribution >= 4 is 22.5 Å². The lowest BCUT2D eigenvalue weighted by Gasteiger charge is -2.14. The van der Waals surface area contributed by atoms with E-state index in [0.717, 1.165) is 12.1 Å². The van der Waals surface area contributed by atoms with E-state index >= 15 is 0 Å². The molecule has 0 atom stereocenters. The number of hydrogen-bond acceptors (Lipinski definition) is 4. The zero-order chi connectivity index (χ0) is 20.9. The van der Waals surface area contributed by atoms with Crippen molar-refractivity contribution in [2.24, 2.45) is 0 Å². The minimum absolute atomic E-state index is 0.0520. The van der Waals surface area contributed by atoms with Crippen LogP contribution in [0.25, 0.3) is 11.1 Å². The van der Waals surface area contributed by atoms with E-state index in [-0.39, 0.29) is 28.7 Å². The topological polar surface area (TPSA) is 64.2 Å². The van der Waals surface area contributed by atoms with Gasteiger partial charge >= 0.3 is 6.18 Å². The number of rotatable bonds is 2. The lowest BCUT2D eigenvalue weighted by atomic mass is 9.93. The predicted molar refractivity (Wildman–Crippen MR) is 99.8 cm³/mol. The number of aromatic hydroxyl groups is 2. The van der Waals surface area contributed by atoms with Gasteiger partial charge in [0, 0.05) is 10.9 Å². The van der Waals surface area contributed by atoms with Gasteiger partial charge in [0.05, 0.1) is 11.1 Å². The first-order valence-electron chi connectivity index (χ1n) is 8.33. The molecule has 29 heavy (non-hydrogen) atoms. The molecule has 0 unspecified atom stereocenters. The Morgan fingerprint density at radius 2 is 1.79 bits per heavy atom. The minimum Gasteiger partial charge on any atom is -0.508 e. The van der Waals surface area contributed by atoms with E-state index < -0.39 is 29.1 Å². The van der Waals surface area contributed by atoms with Gasteiger partial charge < -0.3 is 10.2 Å². The largest absolute Gasteiger partial charge is 0.508 e. The maximum Gasteiger partial charge on any atom is 0.416 e. The summed E-state index contributed by atoms with van der Waals surface area (Å²) in [5.41, 5.74) is 0.806. The third kappa shape index (κ3) is 3.13. The van der Waals surface area contributed by atoms with Crippen LogP contribution in [-0.4, -0.2) is 10.2 Å². The van der Waals surface area contributed by atoms with Crippen LogP contribution in [0.15, 0.2) is 41.1 Å². The van der Waals surface area contributed by atoms with E-state index in [1.165, 1.54) is 23.5 Å². The molecule has 146 valence electrons. The second kappa shape index (κ2) is 6.64. The molecule has 0 radical (unpaired) electrons. The summed E-state index contributed by atoms with van der Waals surface area (Å²) < 4.78 is 54.8. The zero-order valence-corrected chi connectivity index (χ0v) is 15.3. The molecule has 1 aliphatic carbocycles. The summed E-state index contributed by atoms with van der Waals surface area (Å²) in [5, 5.41) is 32.0. The maximum atomic E-state index is 14.0. The summed E-state index contributed by atoms with van der Waals surface area (Å²) in [5.74, 6) is -2.04. The number of nitriles is 1. The number of hydrogen-bond donors (Lipinski definition) is 2. The zero-order valence-electron chi connectivity index (χ0n) is 14.5. The van der Waals surface area contributed by atoms with Crippen LogP contribution in [0.5, 0.6) is 11.5 Å². The number of phenols is 2. The summed E-state index contributed by atoms with van der Waals surface area (Å²) in [7, 11) is 0. The fourth-order valence-corrected chi connectivity index (χ4v) is 4.34. The van der Waals surface area contributed by atoms with Crippen molar-refractivity contribution in [1.29, 1.82) is 5.26 Å². The number of halogens is 4. The molecule has 0 amide bonds. The van der Waals surface area contributed by atoms with E-state index in [1.54, 1.807) is 10.8 Å². The third-order valence-electron chi connectivity index (χ3n) is 4.81. The lowest BCUT2D eigenvalue weighted by Crippen LogP contribution is -2.09. The lowest BCUT2D eigenvalue weighted by molar-refractivity contribution is -0.138. The molecule has 0 aliphatic heterocycles. The first-order valence-corrected chi connectivity index (χ1v) is 9.27. The molecule has 0 fully saturated rings. The van der Waals surface area contributed by atoms with Gasteiger partial charge in [0.1, 0.15) is 11.8 Å². The fourth-order valence-electron chi connectivity index (χ4n) is 3.58. The Balaban J connectivity index is 2.05. The van der Waals surface area contributed by atoms with E-state index in [9.17, 15) is 33.0 Å². The summed E-state index contributed by atoms with van der Waals surface area (Å²) in [6.07, 6.45) is -4.86. The molecule has 8 heteroatoms. The van der Waals surface area contributed by atoms with Gasteiger partial charge in [0.25, 0.3) is 0 Å². The van der Waals surface area contributed by atoms with Gasteiger partial charge in [-0.2, -0.15) is 29.8 Å². The summed E-state index contributed by atoms with van der Waals surface area (Å²) in [6.45, 7) is 0. The first kappa shape index (κ1) is 19.0. The number of thiophene rings is 1. The molecule has 4 rings (SSSR count).